The van der Waals surface area contributed by atoms with Gasteiger partial charge in [-0.25, -0.2) is 13.5 Å². The van der Waals surface area contributed by atoms with E-state index in [0.29, 0.717) is 42.5 Å². The Kier molecular flexibility index (Phi) is 4.48. The number of alkyl halides is 2. The number of aromatic nitrogens is 3. The highest BCUT2D eigenvalue weighted by Crippen LogP contribution is 2.36. The average Bonchev–Trinajstić information content (AvgIpc) is 3.41. The van der Waals surface area contributed by atoms with Crippen LogP contribution in [0.15, 0.2) is 24.5 Å². The predicted molar refractivity (Wildman–Crippen MR) is 98.3 cm³/mol. The summed E-state index contributed by atoms with van der Waals surface area (Å²) in [6, 6.07) is 4.12. The number of carbonyl (C=O) groups excluding carboxylic acids is 1. The van der Waals surface area contributed by atoms with Gasteiger partial charge in [0, 0.05) is 24.7 Å². The van der Waals surface area contributed by atoms with Crippen LogP contribution in [0.5, 0.6) is 11.5 Å². The van der Waals surface area contributed by atoms with Gasteiger partial charge in [0.2, 0.25) is 12.7 Å². The van der Waals surface area contributed by atoms with Crippen molar-refractivity contribution in [2.45, 2.75) is 37.8 Å². The van der Waals surface area contributed by atoms with Crippen molar-refractivity contribution in [1.82, 2.24) is 19.7 Å². The summed E-state index contributed by atoms with van der Waals surface area (Å²) in [5.41, 5.74) is 0.564. The van der Waals surface area contributed by atoms with Crippen LogP contribution in [0.4, 0.5) is 14.7 Å². The summed E-state index contributed by atoms with van der Waals surface area (Å²) in [5, 5.41) is 7.18. The number of carbonyl (C=O) groups is 1. The number of fused-ring (bicyclic) bond motifs is 2. The molecule has 3 aliphatic rings. The molecule has 10 heteroatoms. The zero-order valence-electron chi connectivity index (χ0n) is 15.6. The Hall–Kier alpha value is -2.91. The second kappa shape index (κ2) is 7.16. The summed E-state index contributed by atoms with van der Waals surface area (Å²) >= 11 is 0. The van der Waals surface area contributed by atoms with Gasteiger partial charge < -0.3 is 19.7 Å². The van der Waals surface area contributed by atoms with Crippen LogP contribution in [0.3, 0.4) is 0 Å². The van der Waals surface area contributed by atoms with Crippen LogP contribution < -0.4 is 14.8 Å². The molecule has 0 aliphatic carbocycles. The van der Waals surface area contributed by atoms with Gasteiger partial charge in [-0.3, -0.25) is 4.79 Å². The number of nitrogens with one attached hydrogen (secondary N) is 1. The zero-order chi connectivity index (χ0) is 20.0. The molecule has 3 aliphatic heterocycles. The number of halogens is 2. The monoisotopic (exact) mass is 405 g/mol. The van der Waals surface area contributed by atoms with Crippen molar-refractivity contribution in [1.29, 1.82) is 0 Å². The number of piperidine rings is 1. The van der Waals surface area contributed by atoms with Gasteiger partial charge in [0.25, 0.3) is 12.3 Å². The number of anilines is 1. The standard InChI is InChI=1S/C19H21F2N5O3/c20-17(21)14-8-13(24-19-22-9-23-26(14)19)11-3-5-25(6-4-11)18(27)12-1-2-15-16(7-12)29-10-28-15/h1-2,7,9,11,13-14,17H,3-6,8,10H2,(H,22,23,24)/t13-,14+/m0/s1. The fourth-order valence-corrected chi connectivity index (χ4v) is 4.42. The molecule has 2 aromatic rings. The molecule has 0 saturated carbocycles. The van der Waals surface area contributed by atoms with E-state index >= 15 is 0 Å². The molecule has 1 amide bonds. The van der Waals surface area contributed by atoms with E-state index < -0.39 is 12.5 Å². The van der Waals surface area contributed by atoms with Crippen molar-refractivity contribution in [2.75, 3.05) is 25.2 Å². The molecule has 154 valence electrons. The minimum Gasteiger partial charge on any atom is -0.454 e. The largest absolute Gasteiger partial charge is 0.454 e. The van der Waals surface area contributed by atoms with Crippen LogP contribution in [-0.4, -0.2) is 57.9 Å². The summed E-state index contributed by atoms with van der Waals surface area (Å²) in [6.07, 6.45) is 0.602. The first-order valence-corrected chi connectivity index (χ1v) is 9.73. The molecule has 0 unspecified atom stereocenters. The van der Waals surface area contributed by atoms with E-state index in [1.165, 1.54) is 11.0 Å². The second-order valence-corrected chi connectivity index (χ2v) is 7.61. The third kappa shape index (κ3) is 3.26. The van der Waals surface area contributed by atoms with Crippen molar-refractivity contribution < 1.29 is 23.0 Å². The molecule has 5 rings (SSSR count). The second-order valence-electron chi connectivity index (χ2n) is 7.61. The van der Waals surface area contributed by atoms with Crippen LogP contribution >= 0.6 is 0 Å². The molecule has 1 fully saturated rings. The molecule has 8 nitrogen and oxygen atoms in total. The number of hydrogen-bond donors (Lipinski definition) is 1. The molecule has 0 spiro atoms. The lowest BCUT2D eigenvalue weighted by Crippen LogP contribution is -2.46. The van der Waals surface area contributed by atoms with Gasteiger partial charge in [-0.05, 0) is 43.4 Å². The fourth-order valence-electron chi connectivity index (χ4n) is 4.42. The zero-order valence-corrected chi connectivity index (χ0v) is 15.6. The van der Waals surface area contributed by atoms with E-state index in [0.717, 1.165) is 12.8 Å². The highest BCUT2D eigenvalue weighted by molar-refractivity contribution is 5.95. The topological polar surface area (TPSA) is 81.5 Å². The molecule has 1 N–H and O–H groups in total. The number of hydrogen-bond acceptors (Lipinski definition) is 6. The maximum absolute atomic E-state index is 13.5. The van der Waals surface area contributed by atoms with E-state index in [4.69, 9.17) is 9.47 Å². The maximum Gasteiger partial charge on any atom is 0.260 e. The third-order valence-electron chi connectivity index (χ3n) is 6.00. The molecule has 0 bridgehead atoms. The number of amides is 1. The fraction of sp³-hybridized carbons (Fsp3) is 0.526. The number of benzene rings is 1. The maximum atomic E-state index is 13.5. The molecule has 1 saturated heterocycles. The molecule has 4 heterocycles. The summed E-state index contributed by atoms with van der Waals surface area (Å²) in [6.45, 7) is 1.34. The van der Waals surface area contributed by atoms with Crippen LogP contribution in [0.25, 0.3) is 0 Å². The Labute approximate surface area is 165 Å². The lowest BCUT2D eigenvalue weighted by Gasteiger charge is -2.40. The van der Waals surface area contributed by atoms with Crippen molar-refractivity contribution in [3.8, 4) is 11.5 Å². The summed E-state index contributed by atoms with van der Waals surface area (Å²) in [4.78, 5) is 18.7. The van der Waals surface area contributed by atoms with E-state index in [2.05, 4.69) is 15.4 Å². The average molecular weight is 405 g/mol. The lowest BCUT2D eigenvalue weighted by molar-refractivity contribution is 0.0537. The molecular formula is C19H21F2N5O3. The summed E-state index contributed by atoms with van der Waals surface area (Å²) in [7, 11) is 0. The highest BCUT2D eigenvalue weighted by atomic mass is 19.3. The quantitative estimate of drug-likeness (QED) is 0.845. The highest BCUT2D eigenvalue weighted by Gasteiger charge is 2.38. The van der Waals surface area contributed by atoms with Crippen LogP contribution in [0.1, 0.15) is 35.7 Å². The first kappa shape index (κ1) is 18.1. The molecular weight excluding hydrogens is 384 g/mol. The van der Waals surface area contributed by atoms with E-state index in [1.807, 2.05) is 4.90 Å². The van der Waals surface area contributed by atoms with Gasteiger partial charge >= 0.3 is 0 Å². The Morgan fingerprint density at radius 1 is 1.21 bits per heavy atom. The minimum atomic E-state index is -2.49. The lowest BCUT2D eigenvalue weighted by atomic mass is 9.85. The van der Waals surface area contributed by atoms with E-state index in [1.54, 1.807) is 18.2 Å². The molecule has 0 radical (unpaired) electrons. The van der Waals surface area contributed by atoms with Gasteiger partial charge in [0.1, 0.15) is 12.4 Å². The van der Waals surface area contributed by atoms with Gasteiger partial charge in [-0.2, -0.15) is 10.1 Å². The number of nitrogens with zero attached hydrogens (tertiary/aromatic N) is 4. The molecule has 29 heavy (non-hydrogen) atoms. The number of likely N-dealkylation sites (tertiary alicyclic amines) is 1. The predicted octanol–water partition coefficient (Wildman–Crippen LogP) is 2.55. The summed E-state index contributed by atoms with van der Waals surface area (Å²) < 4.78 is 38.9. The third-order valence-corrected chi connectivity index (χ3v) is 6.00. The van der Waals surface area contributed by atoms with E-state index in [9.17, 15) is 13.6 Å². The van der Waals surface area contributed by atoms with Gasteiger partial charge in [-0.15, -0.1) is 0 Å². The molecule has 2 atom stereocenters. The minimum absolute atomic E-state index is 0.0523. The van der Waals surface area contributed by atoms with Crippen LogP contribution in [0, 0.1) is 5.92 Å². The Morgan fingerprint density at radius 3 is 2.79 bits per heavy atom. The number of rotatable bonds is 3. The van der Waals surface area contributed by atoms with Gasteiger partial charge in [0.05, 0.1) is 0 Å². The Morgan fingerprint density at radius 2 is 2.00 bits per heavy atom. The van der Waals surface area contributed by atoms with Crippen molar-refractivity contribution in [3.05, 3.63) is 30.1 Å². The van der Waals surface area contributed by atoms with Crippen LogP contribution in [-0.2, 0) is 0 Å². The summed E-state index contributed by atoms with van der Waals surface area (Å²) in [5.74, 6) is 1.76. The van der Waals surface area contributed by atoms with E-state index in [-0.39, 0.29) is 24.7 Å². The SMILES string of the molecule is O=C(c1ccc2c(c1)OCO2)N1CCC([C@@H]2C[C@H](C(F)F)n3ncnc3N2)CC1. The van der Waals surface area contributed by atoms with Crippen LogP contribution in [0.2, 0.25) is 0 Å². The van der Waals surface area contributed by atoms with Crippen molar-refractivity contribution >= 4 is 11.9 Å². The molecule has 1 aromatic heterocycles. The smallest absolute Gasteiger partial charge is 0.260 e. The van der Waals surface area contributed by atoms with Gasteiger partial charge in [-0.1, -0.05) is 0 Å². The van der Waals surface area contributed by atoms with Crippen molar-refractivity contribution in [2.24, 2.45) is 5.92 Å². The Balaban J connectivity index is 1.23. The Bertz CT molecular complexity index is 913. The first-order valence-electron chi connectivity index (χ1n) is 9.73. The van der Waals surface area contributed by atoms with Gasteiger partial charge in [0.15, 0.2) is 11.5 Å². The number of ether oxygens (including phenoxy) is 2. The normalized spacial score (nSPS) is 23.8. The molecule has 1 aromatic carbocycles. The van der Waals surface area contributed by atoms with Crippen molar-refractivity contribution in [3.63, 3.8) is 0 Å². The first-order chi connectivity index (χ1) is 14.1.